The van der Waals surface area contributed by atoms with Crippen molar-refractivity contribution in [1.82, 2.24) is 0 Å². The van der Waals surface area contributed by atoms with Gasteiger partial charge in [0.25, 0.3) is 0 Å². The number of hydrogen-bond donors (Lipinski definition) is 0. The van der Waals surface area contributed by atoms with E-state index in [1.165, 1.54) is 86.8 Å². The van der Waals surface area contributed by atoms with Crippen LogP contribution in [0.25, 0.3) is 66.1 Å². The lowest BCUT2D eigenvalue weighted by molar-refractivity contribution is 1.30. The third kappa shape index (κ3) is 6.22. The van der Waals surface area contributed by atoms with Crippen LogP contribution < -0.4 is 25.6 Å². The van der Waals surface area contributed by atoms with Gasteiger partial charge in [0.1, 0.15) is 0 Å². The fourth-order valence-corrected chi connectivity index (χ4v) is 15.6. The first kappa shape index (κ1) is 37.7. The average Bonchev–Trinajstić information content (AvgIpc) is 3.68. The first-order valence-electron chi connectivity index (χ1n) is 22.2. The second kappa shape index (κ2) is 15.7. The van der Waals surface area contributed by atoms with Gasteiger partial charge in [-0.25, -0.2) is 0 Å². The summed E-state index contributed by atoms with van der Waals surface area (Å²) in [6.45, 7) is 0. The zero-order chi connectivity index (χ0) is 42.5. The van der Waals surface area contributed by atoms with Gasteiger partial charge in [0.2, 0.25) is 0 Å². The lowest BCUT2D eigenvalue weighted by atomic mass is 9.97. The van der Waals surface area contributed by atoms with Crippen molar-refractivity contribution >= 4 is 67.4 Å². The molecule has 0 aliphatic carbocycles. The Balaban J connectivity index is 0.974. The van der Waals surface area contributed by atoms with E-state index < -0.39 is 8.07 Å². The molecule has 64 heavy (non-hydrogen) atoms. The molecule has 2 heteroatoms. The van der Waals surface area contributed by atoms with E-state index in [1.807, 2.05) is 0 Å². The zero-order valence-corrected chi connectivity index (χ0v) is 36.3. The molecule has 0 saturated heterocycles. The van der Waals surface area contributed by atoms with Gasteiger partial charge in [-0.3, -0.25) is 0 Å². The Bertz CT molecular complexity index is 3430. The van der Waals surface area contributed by atoms with Crippen LogP contribution in [0.4, 0.5) is 17.1 Å². The van der Waals surface area contributed by atoms with Gasteiger partial charge in [-0.1, -0.05) is 218 Å². The minimum Gasteiger partial charge on any atom is -0.310 e. The third-order valence-electron chi connectivity index (χ3n) is 13.3. The molecule has 300 valence electrons. The van der Waals surface area contributed by atoms with Crippen LogP contribution in [-0.4, -0.2) is 8.07 Å². The summed E-state index contributed by atoms with van der Waals surface area (Å²) in [7, 11) is -2.54. The molecule has 0 aromatic heterocycles. The van der Waals surface area contributed by atoms with E-state index in [4.69, 9.17) is 0 Å². The first-order valence-corrected chi connectivity index (χ1v) is 24.2. The lowest BCUT2D eigenvalue weighted by Gasteiger charge is -2.31. The summed E-state index contributed by atoms with van der Waals surface area (Å²) in [6, 6.07) is 96.5. The molecule has 0 radical (unpaired) electrons. The Labute approximate surface area is 375 Å². The van der Waals surface area contributed by atoms with Crippen LogP contribution in [0.2, 0.25) is 0 Å². The van der Waals surface area contributed by atoms with E-state index in [1.54, 1.807) is 0 Å². The van der Waals surface area contributed by atoms with Crippen LogP contribution in [-0.2, 0) is 0 Å². The molecule has 1 aliphatic rings. The highest BCUT2D eigenvalue weighted by Crippen LogP contribution is 2.43. The largest absolute Gasteiger partial charge is 0.310 e. The summed E-state index contributed by atoms with van der Waals surface area (Å²) in [5.74, 6) is 0. The number of fused-ring (bicyclic) bond motifs is 6. The molecule has 1 aliphatic heterocycles. The first-order chi connectivity index (χ1) is 31.7. The van der Waals surface area contributed by atoms with Crippen molar-refractivity contribution < 1.29 is 0 Å². The summed E-state index contributed by atoms with van der Waals surface area (Å²) in [5, 5.41) is 10.7. The average molecular weight is 830 g/mol. The van der Waals surface area contributed by atoms with E-state index in [0.717, 1.165) is 17.1 Å². The zero-order valence-electron chi connectivity index (χ0n) is 35.3. The van der Waals surface area contributed by atoms with Crippen molar-refractivity contribution in [2.75, 3.05) is 4.90 Å². The molecule has 0 amide bonds. The molecule has 0 bridgehead atoms. The monoisotopic (exact) mass is 829 g/mol. The molecule has 1 heterocycles. The predicted octanol–water partition coefficient (Wildman–Crippen LogP) is 13.8. The van der Waals surface area contributed by atoms with Gasteiger partial charge in [0.15, 0.2) is 8.07 Å². The summed E-state index contributed by atoms with van der Waals surface area (Å²) < 4.78 is 0. The molecule has 0 saturated carbocycles. The maximum absolute atomic E-state index is 2.54. The van der Waals surface area contributed by atoms with Gasteiger partial charge in [-0.05, 0) is 124 Å². The van der Waals surface area contributed by atoms with Gasteiger partial charge in [0.05, 0.1) is 5.69 Å². The van der Waals surface area contributed by atoms with Crippen molar-refractivity contribution in [3.63, 3.8) is 0 Å². The Morgan fingerprint density at radius 1 is 0.266 bits per heavy atom. The highest BCUT2D eigenvalue weighted by atomic mass is 28.3. The molecule has 12 rings (SSSR count). The number of hydrogen-bond acceptors (Lipinski definition) is 1. The highest BCUT2D eigenvalue weighted by Gasteiger charge is 2.48. The van der Waals surface area contributed by atoms with Crippen molar-refractivity contribution in [1.29, 1.82) is 0 Å². The van der Waals surface area contributed by atoms with Crippen LogP contribution in [0.5, 0.6) is 0 Å². The normalized spacial score (nSPS) is 12.5. The van der Waals surface area contributed by atoms with Crippen LogP contribution in [0.1, 0.15) is 0 Å². The topological polar surface area (TPSA) is 3.24 Å². The molecular formula is C62H43NSi. The Morgan fingerprint density at radius 2 is 0.719 bits per heavy atom. The van der Waals surface area contributed by atoms with Gasteiger partial charge in [-0.2, -0.15) is 0 Å². The van der Waals surface area contributed by atoms with Crippen molar-refractivity contribution in [2.45, 2.75) is 0 Å². The number of anilines is 3. The van der Waals surface area contributed by atoms with Gasteiger partial charge >= 0.3 is 0 Å². The van der Waals surface area contributed by atoms with E-state index in [-0.39, 0.29) is 0 Å². The molecule has 0 N–H and O–H groups in total. The standard InChI is InChI=1S/C62H43NSi/c1-4-17-44(18-5-1)47-20-16-21-48(41-47)45-31-36-51(37-32-45)63(60-43-50-19-10-11-26-55(50)56-27-12-13-28-57(56)60)52-38-33-46(34-39-52)49-35-40-62-59(42-49)58-29-14-15-30-61(58)64(62,53-22-6-2-7-23-53)54-24-8-3-9-25-54/h1-43H. The fourth-order valence-electron chi connectivity index (χ4n) is 10.4. The second-order valence-electron chi connectivity index (χ2n) is 16.8. The minimum absolute atomic E-state index is 1.11. The van der Waals surface area contributed by atoms with E-state index in [2.05, 4.69) is 266 Å². The van der Waals surface area contributed by atoms with Gasteiger partial charge in [0, 0.05) is 16.8 Å². The number of nitrogens with zero attached hydrogens (tertiary/aromatic N) is 1. The molecule has 0 spiro atoms. The quantitative estimate of drug-likeness (QED) is 0.109. The lowest BCUT2D eigenvalue weighted by Crippen LogP contribution is -2.72. The molecule has 11 aromatic carbocycles. The van der Waals surface area contributed by atoms with E-state index in [0.29, 0.717) is 0 Å². The van der Waals surface area contributed by atoms with Crippen LogP contribution in [0.3, 0.4) is 0 Å². The summed E-state index contributed by atoms with van der Waals surface area (Å²) in [6.07, 6.45) is 0. The Kier molecular flexibility index (Phi) is 9.25. The number of benzene rings is 11. The smallest absolute Gasteiger partial charge is 0.180 e. The van der Waals surface area contributed by atoms with Crippen LogP contribution in [0, 0.1) is 0 Å². The summed E-state index contributed by atoms with van der Waals surface area (Å²) >= 11 is 0. The summed E-state index contributed by atoms with van der Waals surface area (Å²) in [5.41, 5.74) is 13.3. The molecule has 11 aromatic rings. The SMILES string of the molecule is c1ccc(-c2cccc(-c3ccc(N(c4ccc(-c5ccc6c(c5)-c5ccccc5[Si]6(c5ccccc5)c5ccccc5)cc4)c4cc5ccccc5c5ccccc45)cc3)c2)cc1. The van der Waals surface area contributed by atoms with Crippen molar-refractivity contribution in [3.05, 3.63) is 261 Å². The molecule has 0 unspecified atom stereocenters. The van der Waals surface area contributed by atoms with Gasteiger partial charge in [-0.15, -0.1) is 0 Å². The summed E-state index contributed by atoms with van der Waals surface area (Å²) in [4.78, 5) is 2.43. The molecular weight excluding hydrogens is 787 g/mol. The van der Waals surface area contributed by atoms with Crippen molar-refractivity contribution in [3.8, 4) is 44.5 Å². The minimum atomic E-state index is -2.54. The Hall–Kier alpha value is -8.04. The highest BCUT2D eigenvalue weighted by molar-refractivity contribution is 7.22. The predicted molar refractivity (Wildman–Crippen MR) is 275 cm³/mol. The third-order valence-corrected chi connectivity index (χ3v) is 18.2. The molecule has 0 fully saturated rings. The maximum atomic E-state index is 2.45. The maximum Gasteiger partial charge on any atom is 0.180 e. The molecule has 0 atom stereocenters. The molecule has 1 nitrogen and oxygen atoms in total. The van der Waals surface area contributed by atoms with Crippen LogP contribution >= 0.6 is 0 Å². The van der Waals surface area contributed by atoms with Crippen molar-refractivity contribution in [2.24, 2.45) is 0 Å². The number of rotatable bonds is 8. The second-order valence-corrected chi connectivity index (χ2v) is 20.6. The van der Waals surface area contributed by atoms with Crippen LogP contribution in [0.15, 0.2) is 261 Å². The Morgan fingerprint density at radius 3 is 1.36 bits per heavy atom. The van der Waals surface area contributed by atoms with Gasteiger partial charge < -0.3 is 4.90 Å². The van der Waals surface area contributed by atoms with E-state index >= 15 is 0 Å². The van der Waals surface area contributed by atoms with E-state index in [9.17, 15) is 0 Å². The fraction of sp³-hybridized carbons (Fsp3) is 0.